The standard InChI is InChI=1S/C19H20O2/c1-3-14-5-9-16(10-6-14)18(20)13-19(21)17-11-7-15(4-2)8-12-17/h5-12H,3-4,13H2,1-2H3. The number of ketones is 2. The number of hydrogen-bond donors (Lipinski definition) is 0. The van der Waals surface area contributed by atoms with Gasteiger partial charge in [-0.1, -0.05) is 62.4 Å². The van der Waals surface area contributed by atoms with Crippen LogP contribution in [0.3, 0.4) is 0 Å². The van der Waals surface area contributed by atoms with Gasteiger partial charge in [0.2, 0.25) is 0 Å². The summed E-state index contributed by atoms with van der Waals surface area (Å²) in [5, 5.41) is 0. The van der Waals surface area contributed by atoms with Gasteiger partial charge in [0.1, 0.15) is 0 Å². The van der Waals surface area contributed by atoms with E-state index in [0.29, 0.717) is 11.1 Å². The van der Waals surface area contributed by atoms with E-state index in [0.717, 1.165) is 12.8 Å². The Morgan fingerprint density at radius 3 is 1.29 bits per heavy atom. The molecule has 0 aliphatic carbocycles. The lowest BCUT2D eigenvalue weighted by Crippen LogP contribution is -2.08. The minimum absolute atomic E-state index is 0.0725. The van der Waals surface area contributed by atoms with Gasteiger partial charge in [0, 0.05) is 11.1 Å². The Bertz CT molecular complexity index is 564. The van der Waals surface area contributed by atoms with Crippen LogP contribution in [0, 0.1) is 0 Å². The van der Waals surface area contributed by atoms with Crippen LogP contribution in [0.15, 0.2) is 48.5 Å². The predicted molar refractivity (Wildman–Crippen MR) is 84.9 cm³/mol. The van der Waals surface area contributed by atoms with Gasteiger partial charge < -0.3 is 0 Å². The van der Waals surface area contributed by atoms with E-state index in [1.165, 1.54) is 11.1 Å². The fourth-order valence-electron chi connectivity index (χ4n) is 2.20. The van der Waals surface area contributed by atoms with Crippen LogP contribution in [0.4, 0.5) is 0 Å². The van der Waals surface area contributed by atoms with Crippen LogP contribution in [-0.4, -0.2) is 11.6 Å². The molecule has 21 heavy (non-hydrogen) atoms. The summed E-state index contributed by atoms with van der Waals surface area (Å²) in [5.41, 5.74) is 3.58. The summed E-state index contributed by atoms with van der Waals surface area (Å²) in [6.07, 6.45) is 1.81. The molecule has 0 heterocycles. The highest BCUT2D eigenvalue weighted by Crippen LogP contribution is 2.12. The molecule has 2 aromatic rings. The van der Waals surface area contributed by atoms with Gasteiger partial charge in [-0.15, -0.1) is 0 Å². The van der Waals surface area contributed by atoms with Crippen molar-refractivity contribution in [2.75, 3.05) is 0 Å². The second kappa shape index (κ2) is 6.98. The van der Waals surface area contributed by atoms with E-state index in [2.05, 4.69) is 13.8 Å². The maximum Gasteiger partial charge on any atom is 0.170 e. The van der Waals surface area contributed by atoms with Crippen LogP contribution in [-0.2, 0) is 12.8 Å². The average Bonchev–Trinajstić information content (AvgIpc) is 2.55. The Hall–Kier alpha value is -2.22. The fourth-order valence-corrected chi connectivity index (χ4v) is 2.20. The molecule has 0 amide bonds. The molecule has 0 radical (unpaired) electrons. The number of carbonyl (C=O) groups excluding carboxylic acids is 2. The summed E-state index contributed by atoms with van der Waals surface area (Å²) >= 11 is 0. The van der Waals surface area contributed by atoms with E-state index in [1.807, 2.05) is 24.3 Å². The van der Waals surface area contributed by atoms with Crippen molar-refractivity contribution in [2.45, 2.75) is 33.1 Å². The third-order valence-electron chi connectivity index (χ3n) is 3.69. The zero-order valence-corrected chi connectivity index (χ0v) is 12.6. The van der Waals surface area contributed by atoms with Crippen molar-refractivity contribution in [3.63, 3.8) is 0 Å². The third kappa shape index (κ3) is 3.88. The molecular weight excluding hydrogens is 260 g/mol. The topological polar surface area (TPSA) is 34.1 Å². The maximum atomic E-state index is 12.1. The maximum absolute atomic E-state index is 12.1. The van der Waals surface area contributed by atoms with Crippen molar-refractivity contribution < 1.29 is 9.59 Å². The van der Waals surface area contributed by atoms with Gasteiger partial charge in [0.05, 0.1) is 6.42 Å². The molecule has 0 atom stereocenters. The Morgan fingerprint density at radius 2 is 1.00 bits per heavy atom. The van der Waals surface area contributed by atoms with Crippen LogP contribution in [0.1, 0.15) is 52.1 Å². The Labute approximate surface area is 125 Å². The van der Waals surface area contributed by atoms with Crippen LogP contribution in [0.5, 0.6) is 0 Å². The SMILES string of the molecule is CCc1ccc(C(=O)CC(=O)c2ccc(CC)cc2)cc1. The van der Waals surface area contributed by atoms with E-state index in [1.54, 1.807) is 24.3 Å². The van der Waals surface area contributed by atoms with E-state index in [4.69, 9.17) is 0 Å². The molecule has 0 saturated heterocycles. The van der Waals surface area contributed by atoms with Crippen molar-refractivity contribution in [1.29, 1.82) is 0 Å². The van der Waals surface area contributed by atoms with Gasteiger partial charge in [0.15, 0.2) is 11.6 Å². The first-order valence-electron chi connectivity index (χ1n) is 7.38. The number of hydrogen-bond acceptors (Lipinski definition) is 2. The molecule has 0 aromatic heterocycles. The first-order valence-corrected chi connectivity index (χ1v) is 7.38. The molecule has 0 aliphatic heterocycles. The molecule has 0 aliphatic rings. The quantitative estimate of drug-likeness (QED) is 0.585. The van der Waals surface area contributed by atoms with E-state index in [9.17, 15) is 9.59 Å². The Balaban J connectivity index is 2.05. The van der Waals surface area contributed by atoms with Gasteiger partial charge in [-0.05, 0) is 24.0 Å². The number of rotatable bonds is 6. The largest absolute Gasteiger partial charge is 0.294 e. The molecule has 0 spiro atoms. The van der Waals surface area contributed by atoms with Gasteiger partial charge in [-0.3, -0.25) is 9.59 Å². The second-order valence-electron chi connectivity index (χ2n) is 5.12. The first-order chi connectivity index (χ1) is 10.1. The van der Waals surface area contributed by atoms with Crippen molar-refractivity contribution >= 4 is 11.6 Å². The highest BCUT2D eigenvalue weighted by atomic mass is 16.1. The molecule has 0 N–H and O–H groups in total. The van der Waals surface area contributed by atoms with Crippen LogP contribution in [0.2, 0.25) is 0 Å². The van der Waals surface area contributed by atoms with Gasteiger partial charge >= 0.3 is 0 Å². The summed E-state index contributed by atoms with van der Waals surface area (Å²) < 4.78 is 0. The fraction of sp³-hybridized carbons (Fsp3) is 0.263. The minimum Gasteiger partial charge on any atom is -0.294 e. The molecule has 2 heteroatoms. The molecule has 2 nitrogen and oxygen atoms in total. The van der Waals surface area contributed by atoms with Crippen LogP contribution >= 0.6 is 0 Å². The van der Waals surface area contributed by atoms with Gasteiger partial charge in [-0.2, -0.15) is 0 Å². The van der Waals surface area contributed by atoms with E-state index < -0.39 is 0 Å². The molecule has 0 unspecified atom stereocenters. The molecule has 2 aromatic carbocycles. The summed E-state index contributed by atoms with van der Waals surface area (Å²) in [4.78, 5) is 24.3. The summed E-state index contributed by atoms with van der Waals surface area (Å²) in [6.45, 7) is 4.14. The Kier molecular flexibility index (Phi) is 5.04. The van der Waals surface area contributed by atoms with Crippen molar-refractivity contribution in [3.05, 3.63) is 70.8 Å². The van der Waals surface area contributed by atoms with E-state index in [-0.39, 0.29) is 18.0 Å². The van der Waals surface area contributed by atoms with Crippen LogP contribution in [0.25, 0.3) is 0 Å². The molecule has 0 fully saturated rings. The van der Waals surface area contributed by atoms with Gasteiger partial charge in [0.25, 0.3) is 0 Å². The van der Waals surface area contributed by atoms with E-state index >= 15 is 0 Å². The lowest BCUT2D eigenvalue weighted by molar-refractivity contribution is 0.0894. The molecule has 0 saturated carbocycles. The normalized spacial score (nSPS) is 10.4. The summed E-state index contributed by atoms with van der Waals surface area (Å²) in [6, 6.07) is 15.0. The molecule has 108 valence electrons. The number of Topliss-reactive ketones (excluding diaryl/α,β-unsaturated/α-hetero) is 2. The summed E-state index contributed by atoms with van der Waals surface area (Å²) in [7, 11) is 0. The lowest BCUT2D eigenvalue weighted by Gasteiger charge is -2.04. The zero-order valence-electron chi connectivity index (χ0n) is 12.6. The number of aryl methyl sites for hydroxylation is 2. The van der Waals surface area contributed by atoms with Crippen molar-refractivity contribution in [1.82, 2.24) is 0 Å². The smallest absolute Gasteiger partial charge is 0.170 e. The molecular formula is C19H20O2. The molecule has 0 bridgehead atoms. The zero-order chi connectivity index (χ0) is 15.2. The first kappa shape index (κ1) is 15.2. The Morgan fingerprint density at radius 1 is 0.667 bits per heavy atom. The minimum atomic E-state index is -0.123. The third-order valence-corrected chi connectivity index (χ3v) is 3.69. The monoisotopic (exact) mass is 280 g/mol. The number of benzene rings is 2. The lowest BCUT2D eigenvalue weighted by atomic mass is 9.99. The summed E-state index contributed by atoms with van der Waals surface area (Å²) in [5.74, 6) is -0.246. The molecule has 2 rings (SSSR count). The van der Waals surface area contributed by atoms with Crippen LogP contribution < -0.4 is 0 Å². The van der Waals surface area contributed by atoms with Gasteiger partial charge in [-0.25, -0.2) is 0 Å². The number of carbonyl (C=O) groups is 2. The van der Waals surface area contributed by atoms with Crippen molar-refractivity contribution in [3.8, 4) is 0 Å². The van der Waals surface area contributed by atoms with Crippen molar-refractivity contribution in [2.24, 2.45) is 0 Å². The average molecular weight is 280 g/mol. The second-order valence-corrected chi connectivity index (χ2v) is 5.12. The predicted octanol–water partition coefficient (Wildman–Crippen LogP) is 4.27. The highest BCUT2D eigenvalue weighted by molar-refractivity contribution is 6.13. The highest BCUT2D eigenvalue weighted by Gasteiger charge is 2.13.